The van der Waals surface area contributed by atoms with E-state index >= 15 is 0 Å². The summed E-state index contributed by atoms with van der Waals surface area (Å²) in [6.45, 7) is 0.729. The monoisotopic (exact) mass is 366 g/mol. The molecule has 0 unspecified atom stereocenters. The van der Waals surface area contributed by atoms with Crippen LogP contribution in [0.15, 0.2) is 73.3 Å². The highest BCUT2D eigenvalue weighted by Gasteiger charge is 2.12. The Labute approximate surface area is 161 Å². The highest BCUT2D eigenvalue weighted by Crippen LogP contribution is 2.26. The number of para-hydroxylation sites is 1. The lowest BCUT2D eigenvalue weighted by Gasteiger charge is -2.12. The van der Waals surface area contributed by atoms with Gasteiger partial charge in [-0.3, -0.25) is 0 Å². The first-order valence-corrected chi connectivity index (χ1v) is 9.15. The second kappa shape index (κ2) is 6.74. The Balaban J connectivity index is 1.56. The maximum atomic E-state index is 5.90. The summed E-state index contributed by atoms with van der Waals surface area (Å²) in [5.41, 5.74) is 11.6. The molecule has 5 rings (SSSR count). The number of nitrogens with zero attached hydrogens (tertiary/aromatic N) is 5. The fraction of sp³-hybridized carbons (Fsp3) is 0.0909. The van der Waals surface area contributed by atoms with Crippen molar-refractivity contribution < 1.29 is 0 Å². The van der Waals surface area contributed by atoms with Crippen molar-refractivity contribution >= 4 is 27.9 Å². The number of rotatable bonds is 4. The third-order valence-electron chi connectivity index (χ3n) is 4.90. The summed E-state index contributed by atoms with van der Waals surface area (Å²) in [6.07, 6.45) is 4.05. The number of pyridine rings is 1. The molecule has 2 N–H and O–H groups in total. The predicted molar refractivity (Wildman–Crippen MR) is 111 cm³/mol. The lowest BCUT2D eigenvalue weighted by Crippen LogP contribution is -2.04. The van der Waals surface area contributed by atoms with E-state index in [1.165, 1.54) is 11.9 Å². The fourth-order valence-corrected chi connectivity index (χ4v) is 3.50. The second-order valence-electron chi connectivity index (χ2n) is 6.67. The van der Waals surface area contributed by atoms with E-state index < -0.39 is 0 Å². The molecule has 0 amide bonds. The smallest absolute Gasteiger partial charge is 0.165 e. The Morgan fingerprint density at radius 1 is 0.893 bits per heavy atom. The van der Waals surface area contributed by atoms with Gasteiger partial charge in [0.25, 0.3) is 0 Å². The molecule has 0 spiro atoms. The van der Waals surface area contributed by atoms with Crippen LogP contribution in [0.2, 0.25) is 0 Å². The number of nitrogens with two attached hydrogens (primary N) is 1. The molecule has 3 aromatic heterocycles. The van der Waals surface area contributed by atoms with Crippen LogP contribution in [0.4, 0.5) is 5.82 Å². The van der Waals surface area contributed by atoms with Gasteiger partial charge in [-0.15, -0.1) is 0 Å². The number of hydrogen-bond donors (Lipinski definition) is 1. The average Bonchev–Trinajstić information content (AvgIpc) is 3.17. The Kier molecular flexibility index (Phi) is 3.94. The molecule has 5 aromatic rings. The van der Waals surface area contributed by atoms with Gasteiger partial charge in [0.05, 0.1) is 17.5 Å². The van der Waals surface area contributed by atoms with Gasteiger partial charge in [-0.2, -0.15) is 0 Å². The summed E-state index contributed by atoms with van der Waals surface area (Å²) < 4.78 is 2.01. The molecule has 0 saturated carbocycles. The molecular formula is C22H18N6. The van der Waals surface area contributed by atoms with Crippen molar-refractivity contribution in [3.63, 3.8) is 0 Å². The first-order chi connectivity index (χ1) is 13.8. The number of nitrogen functional groups attached to an aromatic ring is 1. The number of anilines is 1. The third-order valence-corrected chi connectivity index (χ3v) is 4.90. The molecule has 28 heavy (non-hydrogen) atoms. The summed E-state index contributed by atoms with van der Waals surface area (Å²) in [5, 5.41) is 1.14. The average molecular weight is 366 g/mol. The zero-order valence-corrected chi connectivity index (χ0v) is 15.2. The summed E-state index contributed by atoms with van der Waals surface area (Å²) >= 11 is 0. The largest absolute Gasteiger partial charge is 0.382 e. The molecule has 0 atom stereocenters. The molecule has 0 aliphatic rings. The normalized spacial score (nSPS) is 11.3. The molecule has 0 bridgehead atoms. The Bertz CT molecular complexity index is 1280. The van der Waals surface area contributed by atoms with Crippen molar-refractivity contribution in [2.24, 2.45) is 0 Å². The molecule has 136 valence electrons. The topological polar surface area (TPSA) is 82.5 Å². The van der Waals surface area contributed by atoms with Crippen LogP contribution >= 0.6 is 0 Å². The number of imidazole rings is 1. The Morgan fingerprint density at radius 3 is 2.61 bits per heavy atom. The summed E-state index contributed by atoms with van der Waals surface area (Å²) in [7, 11) is 0. The molecule has 6 nitrogen and oxygen atoms in total. The number of fused-ring (bicyclic) bond motifs is 2. The van der Waals surface area contributed by atoms with Gasteiger partial charge in [0, 0.05) is 17.5 Å². The number of aromatic nitrogens is 5. The second-order valence-corrected chi connectivity index (χ2v) is 6.67. The van der Waals surface area contributed by atoms with Crippen LogP contribution in [0.1, 0.15) is 5.56 Å². The van der Waals surface area contributed by atoms with Crippen LogP contribution in [0, 0.1) is 0 Å². The molecule has 0 radical (unpaired) electrons. The van der Waals surface area contributed by atoms with E-state index in [-0.39, 0.29) is 0 Å². The van der Waals surface area contributed by atoms with Crippen LogP contribution in [0.5, 0.6) is 0 Å². The van der Waals surface area contributed by atoms with E-state index in [1.54, 1.807) is 6.33 Å². The molecule has 0 aliphatic heterocycles. The first kappa shape index (κ1) is 16.4. The van der Waals surface area contributed by atoms with E-state index in [4.69, 9.17) is 10.7 Å². The fourth-order valence-electron chi connectivity index (χ4n) is 3.50. The van der Waals surface area contributed by atoms with Crippen molar-refractivity contribution in [3.8, 4) is 11.3 Å². The Hall–Kier alpha value is -3.80. The zero-order valence-electron chi connectivity index (χ0n) is 15.2. The quantitative estimate of drug-likeness (QED) is 0.522. The number of benzene rings is 2. The van der Waals surface area contributed by atoms with Crippen LogP contribution in [0.25, 0.3) is 33.3 Å². The van der Waals surface area contributed by atoms with E-state index in [0.717, 1.165) is 40.8 Å². The van der Waals surface area contributed by atoms with Crippen molar-refractivity contribution in [1.82, 2.24) is 24.5 Å². The summed E-state index contributed by atoms with van der Waals surface area (Å²) in [5.74, 6) is 0.404. The van der Waals surface area contributed by atoms with Crippen LogP contribution in [-0.2, 0) is 13.0 Å². The van der Waals surface area contributed by atoms with Gasteiger partial charge in [-0.05, 0) is 24.1 Å². The lowest BCUT2D eigenvalue weighted by molar-refractivity contribution is 0.709. The lowest BCUT2D eigenvalue weighted by atomic mass is 10.0. The van der Waals surface area contributed by atoms with Gasteiger partial charge in [0.1, 0.15) is 11.8 Å². The highest BCUT2D eigenvalue weighted by molar-refractivity contribution is 5.83. The van der Waals surface area contributed by atoms with Gasteiger partial charge < -0.3 is 10.3 Å². The summed E-state index contributed by atoms with van der Waals surface area (Å²) in [6, 6.07) is 20.7. The minimum atomic E-state index is 0.404. The molecule has 6 heteroatoms. The van der Waals surface area contributed by atoms with E-state index in [2.05, 4.69) is 45.3 Å². The van der Waals surface area contributed by atoms with Crippen molar-refractivity contribution in [2.75, 3.05) is 5.73 Å². The van der Waals surface area contributed by atoms with E-state index in [9.17, 15) is 0 Å². The zero-order chi connectivity index (χ0) is 18.9. The minimum absolute atomic E-state index is 0.404. The molecular weight excluding hydrogens is 348 g/mol. The van der Waals surface area contributed by atoms with Gasteiger partial charge in [0.2, 0.25) is 0 Å². The van der Waals surface area contributed by atoms with Crippen molar-refractivity contribution in [3.05, 3.63) is 78.9 Å². The predicted octanol–water partition coefficient (Wildman–Crippen LogP) is 3.87. The first-order valence-electron chi connectivity index (χ1n) is 9.15. The van der Waals surface area contributed by atoms with Crippen molar-refractivity contribution in [1.29, 1.82) is 0 Å². The summed E-state index contributed by atoms with van der Waals surface area (Å²) in [4.78, 5) is 17.7. The Morgan fingerprint density at radius 2 is 1.71 bits per heavy atom. The van der Waals surface area contributed by atoms with Gasteiger partial charge >= 0.3 is 0 Å². The van der Waals surface area contributed by atoms with Gasteiger partial charge in [-0.1, -0.05) is 48.5 Å². The van der Waals surface area contributed by atoms with Crippen molar-refractivity contribution in [2.45, 2.75) is 13.0 Å². The molecule has 2 aromatic carbocycles. The van der Waals surface area contributed by atoms with Gasteiger partial charge in [0.15, 0.2) is 11.5 Å². The molecule has 0 aliphatic carbocycles. The number of aryl methyl sites for hydroxylation is 2. The van der Waals surface area contributed by atoms with Crippen LogP contribution in [-0.4, -0.2) is 24.5 Å². The molecule has 0 fully saturated rings. The molecule has 3 heterocycles. The van der Waals surface area contributed by atoms with Crippen LogP contribution < -0.4 is 5.73 Å². The van der Waals surface area contributed by atoms with E-state index in [1.807, 2.05) is 34.9 Å². The van der Waals surface area contributed by atoms with E-state index in [0.29, 0.717) is 11.3 Å². The standard InChI is InChI=1S/C22H18N6/c23-21-20-22(25-13-24-21)28(14-26-20)11-10-17-12-16-8-4-5-9-18(16)27-19(17)15-6-2-1-3-7-15/h1-9,12-14H,10-11H2,(H2,23,24,25). The van der Waals surface area contributed by atoms with Crippen LogP contribution in [0.3, 0.4) is 0 Å². The number of hydrogen-bond acceptors (Lipinski definition) is 5. The minimum Gasteiger partial charge on any atom is -0.382 e. The van der Waals surface area contributed by atoms with Gasteiger partial charge in [-0.25, -0.2) is 19.9 Å². The maximum absolute atomic E-state index is 5.90. The molecule has 0 saturated heterocycles. The highest BCUT2D eigenvalue weighted by atomic mass is 15.1. The maximum Gasteiger partial charge on any atom is 0.165 e. The third kappa shape index (κ3) is 2.85. The SMILES string of the molecule is Nc1ncnc2c1ncn2CCc1cc2ccccc2nc1-c1ccccc1.